The number of H-pyrrole nitrogens is 1. The molecule has 59 heavy (non-hydrogen) atoms. The summed E-state index contributed by atoms with van der Waals surface area (Å²) in [6, 6.07) is 27.7. The van der Waals surface area contributed by atoms with Gasteiger partial charge in [0.05, 0.1) is 6.61 Å². The van der Waals surface area contributed by atoms with Crippen molar-refractivity contribution >= 4 is 30.9 Å². The lowest BCUT2D eigenvalue weighted by atomic mass is 10.0. The van der Waals surface area contributed by atoms with Gasteiger partial charge in [-0.3, -0.25) is 19.2 Å². The quantitative estimate of drug-likeness (QED) is 0.0981. The molecule has 14 heteroatoms. The largest absolute Gasteiger partial charge is 0.508 e. The van der Waals surface area contributed by atoms with E-state index >= 15 is 0 Å². The van der Waals surface area contributed by atoms with Gasteiger partial charge in [-0.1, -0.05) is 99.5 Å². The molecule has 13 nitrogen and oxygen atoms in total. The lowest BCUT2D eigenvalue weighted by Crippen LogP contribution is -2.67. The maximum absolute atomic E-state index is 13.5. The smallest absolute Gasteiger partial charge is 0.465 e. The first-order chi connectivity index (χ1) is 28.3. The van der Waals surface area contributed by atoms with Crippen molar-refractivity contribution < 1.29 is 33.3 Å². The Labute approximate surface area is 346 Å². The standard InChI is InChI=1S/C45H54N4O9Si/c1-6-33-20-22-34(23-21-33)29-47(30-35-15-13-14-24-48(35)43(52)53)25-26-55-44(54)58-38-27-40(49-28-32(2)41(50)46-42(49)51)57-39(38)31-56-59(45(3,4)5,36-16-9-7-10-17-36)37-18-11-8-12-19-37/h1,7-12,16-23,28,35,38-40H,13-15,24-27,29-31H2,2-5H3,(H,52,53)(H,46,50,51)/t35?,38-,39+,40+/m0/s1. The first-order valence-electron chi connectivity index (χ1n) is 20.1. The van der Waals surface area contributed by atoms with Gasteiger partial charge in [0.1, 0.15) is 25.0 Å². The number of terminal acetylenes is 1. The number of carboxylic acid groups (broad SMARTS) is 1. The first kappa shape index (κ1) is 43.1. The minimum atomic E-state index is -3.04. The van der Waals surface area contributed by atoms with Crippen LogP contribution in [-0.4, -0.2) is 96.1 Å². The van der Waals surface area contributed by atoms with Crippen LogP contribution in [0.2, 0.25) is 5.04 Å². The van der Waals surface area contributed by atoms with E-state index < -0.39 is 50.3 Å². The zero-order valence-electron chi connectivity index (χ0n) is 34.2. The van der Waals surface area contributed by atoms with Crippen molar-refractivity contribution in [2.45, 2.75) is 89.4 Å². The van der Waals surface area contributed by atoms with Crippen molar-refractivity contribution in [3.63, 3.8) is 0 Å². The average molecular weight is 823 g/mol. The third-order valence-corrected chi connectivity index (χ3v) is 16.3. The number of hydrogen-bond acceptors (Lipinski definition) is 9. The molecule has 2 N–H and O–H groups in total. The van der Waals surface area contributed by atoms with E-state index in [1.807, 2.05) is 60.7 Å². The maximum atomic E-state index is 13.5. The maximum Gasteiger partial charge on any atom is 0.508 e. The molecule has 0 bridgehead atoms. The van der Waals surface area contributed by atoms with Crippen LogP contribution >= 0.6 is 0 Å². The molecule has 1 amide bonds. The molecule has 0 spiro atoms. The second-order valence-corrected chi connectivity index (χ2v) is 20.6. The number of aromatic amines is 1. The van der Waals surface area contributed by atoms with E-state index in [2.05, 4.69) is 60.8 Å². The molecular formula is C45H54N4O9Si. The van der Waals surface area contributed by atoms with Crippen LogP contribution in [0, 0.1) is 19.3 Å². The number of piperidine rings is 1. The number of amides is 1. The van der Waals surface area contributed by atoms with Gasteiger partial charge in [-0.2, -0.15) is 0 Å². The molecule has 312 valence electrons. The summed E-state index contributed by atoms with van der Waals surface area (Å²) in [7, 11) is -3.04. The number of nitrogens with one attached hydrogen (secondary N) is 1. The van der Waals surface area contributed by atoms with E-state index in [0.717, 1.165) is 40.8 Å². The molecule has 2 aliphatic heterocycles. The molecule has 6 rings (SSSR count). The highest BCUT2D eigenvalue weighted by molar-refractivity contribution is 6.99. The van der Waals surface area contributed by atoms with Crippen molar-refractivity contribution in [3.05, 3.63) is 129 Å². The van der Waals surface area contributed by atoms with Gasteiger partial charge in [-0.15, -0.1) is 6.42 Å². The molecule has 1 unspecified atom stereocenters. The van der Waals surface area contributed by atoms with E-state index in [1.54, 1.807) is 6.92 Å². The predicted octanol–water partition coefficient (Wildman–Crippen LogP) is 5.25. The molecule has 2 aliphatic rings. The Morgan fingerprint density at radius 1 is 1.00 bits per heavy atom. The van der Waals surface area contributed by atoms with Crippen molar-refractivity contribution in [2.24, 2.45) is 0 Å². The number of nitrogens with zero attached hydrogens (tertiary/aromatic N) is 3. The van der Waals surface area contributed by atoms with E-state index in [-0.39, 0.29) is 30.7 Å². The number of carbonyl (C=O) groups is 2. The van der Waals surface area contributed by atoms with Gasteiger partial charge in [-0.05, 0) is 59.3 Å². The highest BCUT2D eigenvalue weighted by Crippen LogP contribution is 2.38. The molecule has 3 aromatic carbocycles. The molecule has 2 saturated heterocycles. The van der Waals surface area contributed by atoms with Gasteiger partial charge in [-0.25, -0.2) is 14.4 Å². The Bertz CT molecular complexity index is 2160. The zero-order chi connectivity index (χ0) is 42.2. The lowest BCUT2D eigenvalue weighted by molar-refractivity contribution is -0.0554. The van der Waals surface area contributed by atoms with E-state index in [1.165, 1.54) is 15.7 Å². The molecule has 4 atom stereocenters. The van der Waals surface area contributed by atoms with Gasteiger partial charge in [0, 0.05) is 56.0 Å². The minimum absolute atomic E-state index is 0.0279. The monoisotopic (exact) mass is 822 g/mol. The molecule has 3 heterocycles. The summed E-state index contributed by atoms with van der Waals surface area (Å²) in [5, 5.41) is 11.7. The first-order valence-corrected chi connectivity index (χ1v) is 22.0. The van der Waals surface area contributed by atoms with Crippen molar-refractivity contribution in [1.82, 2.24) is 19.4 Å². The van der Waals surface area contributed by atoms with Gasteiger partial charge >= 0.3 is 17.9 Å². The summed E-state index contributed by atoms with van der Waals surface area (Å²) in [4.78, 5) is 56.8. The van der Waals surface area contributed by atoms with Crippen LogP contribution in [0.3, 0.4) is 0 Å². The van der Waals surface area contributed by atoms with Crippen LogP contribution in [0.1, 0.15) is 69.4 Å². The fourth-order valence-electron chi connectivity index (χ4n) is 8.27. The van der Waals surface area contributed by atoms with Crippen LogP contribution in [0.4, 0.5) is 9.59 Å². The number of rotatable bonds is 14. The summed E-state index contributed by atoms with van der Waals surface area (Å²) in [6.07, 6.45) is 5.18. The van der Waals surface area contributed by atoms with E-state index in [9.17, 15) is 24.3 Å². The molecular weight excluding hydrogens is 769 g/mol. The minimum Gasteiger partial charge on any atom is -0.465 e. The molecule has 0 radical (unpaired) electrons. The van der Waals surface area contributed by atoms with Crippen molar-refractivity contribution in [3.8, 4) is 12.3 Å². The zero-order valence-corrected chi connectivity index (χ0v) is 35.2. The normalized spacial score (nSPS) is 19.6. The van der Waals surface area contributed by atoms with Crippen LogP contribution in [0.25, 0.3) is 0 Å². The van der Waals surface area contributed by atoms with Gasteiger partial charge in [0.25, 0.3) is 13.9 Å². The fourth-order valence-corrected chi connectivity index (χ4v) is 12.8. The van der Waals surface area contributed by atoms with Crippen LogP contribution in [0.15, 0.2) is 101 Å². The molecule has 4 aromatic rings. The van der Waals surface area contributed by atoms with Crippen molar-refractivity contribution in [2.75, 3.05) is 32.8 Å². The lowest BCUT2D eigenvalue weighted by Gasteiger charge is -2.43. The SMILES string of the molecule is C#Cc1ccc(CN(CCOC(=O)O[C@H]2C[C@H](n3cc(C)c(=O)[nH]c3=O)O[C@@H]2CO[Si](c2ccccc2)(c2ccccc2)C(C)(C)C)CC2CCCCN2C(=O)O)cc1. The molecule has 0 aliphatic carbocycles. The predicted molar refractivity (Wildman–Crippen MR) is 226 cm³/mol. The van der Waals surface area contributed by atoms with Crippen LogP contribution in [0.5, 0.6) is 0 Å². The van der Waals surface area contributed by atoms with Gasteiger partial charge in [0.15, 0.2) is 0 Å². The van der Waals surface area contributed by atoms with Crippen molar-refractivity contribution in [1.29, 1.82) is 0 Å². The summed E-state index contributed by atoms with van der Waals surface area (Å²) < 4.78 is 26.7. The Hall–Kier alpha value is -5.46. The third kappa shape index (κ3) is 10.2. The topological polar surface area (TPSA) is 153 Å². The highest BCUT2D eigenvalue weighted by atomic mass is 28.4. The molecule has 2 fully saturated rings. The van der Waals surface area contributed by atoms with Gasteiger partial charge < -0.3 is 28.6 Å². The summed E-state index contributed by atoms with van der Waals surface area (Å²) in [5.74, 6) is 2.62. The second-order valence-electron chi connectivity index (χ2n) is 16.3. The van der Waals surface area contributed by atoms with Crippen LogP contribution in [-0.2, 0) is 25.2 Å². The van der Waals surface area contributed by atoms with Gasteiger partial charge in [0.2, 0.25) is 0 Å². The number of hydrogen-bond donors (Lipinski definition) is 2. The third-order valence-electron chi connectivity index (χ3n) is 11.3. The summed E-state index contributed by atoms with van der Waals surface area (Å²) in [5.41, 5.74) is 0.923. The Morgan fingerprint density at radius 3 is 2.27 bits per heavy atom. The summed E-state index contributed by atoms with van der Waals surface area (Å²) in [6.45, 7) is 9.82. The number of aryl methyl sites for hydroxylation is 1. The Balaban J connectivity index is 1.21. The molecule has 0 saturated carbocycles. The Kier molecular flexibility index (Phi) is 13.9. The van der Waals surface area contributed by atoms with E-state index in [0.29, 0.717) is 31.7 Å². The highest BCUT2D eigenvalue weighted by Gasteiger charge is 2.52. The number of benzene rings is 3. The average Bonchev–Trinajstić information content (AvgIpc) is 3.61. The Morgan fingerprint density at radius 2 is 1.66 bits per heavy atom. The number of ether oxygens (including phenoxy) is 3. The van der Waals surface area contributed by atoms with E-state index in [4.69, 9.17) is 25.1 Å². The number of aromatic nitrogens is 2. The molecule has 1 aromatic heterocycles. The second kappa shape index (κ2) is 19.1. The number of likely N-dealkylation sites (tertiary alicyclic amines) is 1. The fraction of sp³-hybridized carbons (Fsp3) is 0.422. The number of carbonyl (C=O) groups excluding carboxylic acids is 1. The van der Waals surface area contributed by atoms with Crippen LogP contribution < -0.4 is 21.6 Å². The summed E-state index contributed by atoms with van der Waals surface area (Å²) >= 11 is 0.